The van der Waals surface area contributed by atoms with Gasteiger partial charge in [-0.2, -0.15) is 0 Å². The van der Waals surface area contributed by atoms with E-state index in [-0.39, 0.29) is 11.8 Å². The van der Waals surface area contributed by atoms with Crippen molar-refractivity contribution in [2.45, 2.75) is 12.3 Å². The molecule has 74 valence electrons. The van der Waals surface area contributed by atoms with E-state index in [2.05, 4.69) is 0 Å². The van der Waals surface area contributed by atoms with Gasteiger partial charge in [0.25, 0.3) is 0 Å². The summed E-state index contributed by atoms with van der Waals surface area (Å²) in [7, 11) is 1.61. The standard InChI is InChI=1S/C11H12O3/c1-14-10-5-3-2-4-7(10)8-6-9(8)11(12)13/h2-5,8-9H,6H2,1H3,(H,12,13)/t8-,9-/m1/s1. The fourth-order valence-corrected chi connectivity index (χ4v) is 1.78. The van der Waals surface area contributed by atoms with E-state index >= 15 is 0 Å². The zero-order valence-electron chi connectivity index (χ0n) is 7.93. The van der Waals surface area contributed by atoms with Gasteiger partial charge in [0.15, 0.2) is 0 Å². The van der Waals surface area contributed by atoms with E-state index in [1.165, 1.54) is 0 Å². The molecule has 0 aromatic heterocycles. The summed E-state index contributed by atoms with van der Waals surface area (Å²) in [5.41, 5.74) is 1.02. The van der Waals surface area contributed by atoms with Gasteiger partial charge in [0.05, 0.1) is 13.0 Å². The summed E-state index contributed by atoms with van der Waals surface area (Å²) in [4.78, 5) is 10.7. The molecule has 14 heavy (non-hydrogen) atoms. The maximum Gasteiger partial charge on any atom is 0.307 e. The molecule has 1 aromatic carbocycles. The van der Waals surface area contributed by atoms with Gasteiger partial charge in [-0.15, -0.1) is 0 Å². The molecule has 2 atom stereocenters. The van der Waals surface area contributed by atoms with Crippen LogP contribution >= 0.6 is 0 Å². The Balaban J connectivity index is 2.22. The van der Waals surface area contributed by atoms with Gasteiger partial charge in [-0.3, -0.25) is 4.79 Å². The number of para-hydroxylation sites is 1. The van der Waals surface area contributed by atoms with Crippen LogP contribution in [0.15, 0.2) is 24.3 Å². The van der Waals surface area contributed by atoms with Crippen molar-refractivity contribution in [3.8, 4) is 5.75 Å². The summed E-state index contributed by atoms with van der Waals surface area (Å²) >= 11 is 0. The molecule has 1 saturated carbocycles. The molecule has 1 fully saturated rings. The Morgan fingerprint density at radius 3 is 2.79 bits per heavy atom. The van der Waals surface area contributed by atoms with Crippen LogP contribution in [0.5, 0.6) is 5.75 Å². The Labute approximate surface area is 82.3 Å². The fourth-order valence-electron chi connectivity index (χ4n) is 1.78. The molecular weight excluding hydrogens is 180 g/mol. The van der Waals surface area contributed by atoms with Crippen molar-refractivity contribution in [2.75, 3.05) is 7.11 Å². The Bertz CT molecular complexity index is 359. The smallest absolute Gasteiger partial charge is 0.307 e. The Morgan fingerprint density at radius 2 is 2.21 bits per heavy atom. The molecule has 0 saturated heterocycles. The van der Waals surface area contributed by atoms with Crippen molar-refractivity contribution < 1.29 is 14.6 Å². The zero-order chi connectivity index (χ0) is 10.1. The maximum absolute atomic E-state index is 10.7. The molecule has 1 aromatic rings. The highest BCUT2D eigenvalue weighted by atomic mass is 16.5. The molecule has 1 aliphatic carbocycles. The Kier molecular flexibility index (Phi) is 2.15. The molecule has 0 radical (unpaired) electrons. The van der Waals surface area contributed by atoms with Gasteiger partial charge in [0.2, 0.25) is 0 Å². The lowest BCUT2D eigenvalue weighted by Crippen LogP contribution is -1.99. The van der Waals surface area contributed by atoms with Gasteiger partial charge in [-0.05, 0) is 18.1 Å². The molecule has 2 rings (SSSR count). The van der Waals surface area contributed by atoms with Crippen molar-refractivity contribution >= 4 is 5.97 Å². The first-order valence-corrected chi connectivity index (χ1v) is 4.59. The van der Waals surface area contributed by atoms with E-state index in [0.29, 0.717) is 0 Å². The van der Waals surface area contributed by atoms with Crippen molar-refractivity contribution in [2.24, 2.45) is 5.92 Å². The lowest BCUT2D eigenvalue weighted by molar-refractivity contribution is -0.138. The number of hydrogen-bond acceptors (Lipinski definition) is 2. The number of rotatable bonds is 3. The number of carboxylic acids is 1. The molecule has 0 unspecified atom stereocenters. The van der Waals surface area contributed by atoms with Gasteiger partial charge < -0.3 is 9.84 Å². The Hall–Kier alpha value is -1.51. The van der Waals surface area contributed by atoms with E-state index in [9.17, 15) is 4.79 Å². The summed E-state index contributed by atoms with van der Waals surface area (Å²) in [6.45, 7) is 0. The molecule has 0 bridgehead atoms. The molecule has 0 heterocycles. The summed E-state index contributed by atoms with van der Waals surface area (Å²) in [6.07, 6.45) is 0.732. The van der Waals surface area contributed by atoms with Crippen LogP contribution in [0.2, 0.25) is 0 Å². The first kappa shape index (κ1) is 9.06. The molecule has 0 aliphatic heterocycles. The lowest BCUT2D eigenvalue weighted by Gasteiger charge is -2.06. The number of benzene rings is 1. The van der Waals surface area contributed by atoms with Crippen molar-refractivity contribution in [1.29, 1.82) is 0 Å². The monoisotopic (exact) mass is 192 g/mol. The SMILES string of the molecule is COc1ccccc1[C@H]1C[C@H]1C(=O)O. The van der Waals surface area contributed by atoms with E-state index in [4.69, 9.17) is 9.84 Å². The number of carbonyl (C=O) groups is 1. The minimum Gasteiger partial charge on any atom is -0.496 e. The van der Waals surface area contributed by atoms with Crippen LogP contribution in [-0.4, -0.2) is 18.2 Å². The minimum absolute atomic E-state index is 0.142. The molecule has 3 heteroatoms. The number of aliphatic carboxylic acids is 1. The molecule has 0 amide bonds. The third-order valence-corrected chi connectivity index (χ3v) is 2.65. The summed E-state index contributed by atoms with van der Waals surface area (Å²) in [5, 5.41) is 8.81. The van der Waals surface area contributed by atoms with Gasteiger partial charge in [-0.25, -0.2) is 0 Å². The van der Waals surface area contributed by atoms with E-state index < -0.39 is 5.97 Å². The summed E-state index contributed by atoms with van der Waals surface area (Å²) in [6, 6.07) is 7.61. The predicted octanol–water partition coefficient (Wildman–Crippen LogP) is 1.88. The van der Waals surface area contributed by atoms with Gasteiger partial charge in [0.1, 0.15) is 5.75 Å². The number of ether oxygens (including phenoxy) is 1. The van der Waals surface area contributed by atoms with Crippen molar-refractivity contribution in [3.63, 3.8) is 0 Å². The highest BCUT2D eigenvalue weighted by molar-refractivity contribution is 5.75. The summed E-state index contributed by atoms with van der Waals surface area (Å²) in [5.74, 6) is 0.0112. The quantitative estimate of drug-likeness (QED) is 0.795. The van der Waals surface area contributed by atoms with Crippen LogP contribution in [0.1, 0.15) is 17.9 Å². The molecule has 1 aliphatic rings. The van der Waals surface area contributed by atoms with Gasteiger partial charge >= 0.3 is 5.97 Å². The normalized spacial score (nSPS) is 24.4. The highest BCUT2D eigenvalue weighted by Crippen LogP contribution is 2.50. The second kappa shape index (κ2) is 3.33. The van der Waals surface area contributed by atoms with E-state index in [1.807, 2.05) is 24.3 Å². The molecule has 3 nitrogen and oxygen atoms in total. The van der Waals surface area contributed by atoms with E-state index in [1.54, 1.807) is 7.11 Å². The van der Waals surface area contributed by atoms with Crippen LogP contribution in [0, 0.1) is 5.92 Å². The van der Waals surface area contributed by atoms with Crippen LogP contribution in [0.4, 0.5) is 0 Å². The zero-order valence-corrected chi connectivity index (χ0v) is 7.93. The average Bonchev–Trinajstić information content (AvgIpc) is 2.97. The first-order valence-electron chi connectivity index (χ1n) is 4.59. The Morgan fingerprint density at radius 1 is 1.50 bits per heavy atom. The van der Waals surface area contributed by atoms with Crippen molar-refractivity contribution in [3.05, 3.63) is 29.8 Å². The van der Waals surface area contributed by atoms with Crippen LogP contribution in [-0.2, 0) is 4.79 Å². The first-order chi connectivity index (χ1) is 6.74. The number of hydrogen-bond donors (Lipinski definition) is 1. The minimum atomic E-state index is -0.707. The lowest BCUT2D eigenvalue weighted by atomic mass is 10.1. The summed E-state index contributed by atoms with van der Waals surface area (Å²) < 4.78 is 5.18. The maximum atomic E-state index is 10.7. The topological polar surface area (TPSA) is 46.5 Å². The largest absolute Gasteiger partial charge is 0.496 e. The van der Waals surface area contributed by atoms with Gasteiger partial charge in [0, 0.05) is 5.92 Å². The highest BCUT2D eigenvalue weighted by Gasteiger charge is 2.45. The number of carboxylic acid groups (broad SMARTS) is 1. The van der Waals surface area contributed by atoms with Crippen molar-refractivity contribution in [1.82, 2.24) is 0 Å². The molecule has 1 N–H and O–H groups in total. The third kappa shape index (κ3) is 1.45. The van der Waals surface area contributed by atoms with Crippen LogP contribution < -0.4 is 4.74 Å². The van der Waals surface area contributed by atoms with Gasteiger partial charge in [-0.1, -0.05) is 18.2 Å². The second-order valence-corrected chi connectivity index (χ2v) is 3.53. The average molecular weight is 192 g/mol. The van der Waals surface area contributed by atoms with Crippen LogP contribution in [0.3, 0.4) is 0 Å². The number of methoxy groups -OCH3 is 1. The molecule has 0 spiro atoms. The fraction of sp³-hybridized carbons (Fsp3) is 0.364. The van der Waals surface area contributed by atoms with E-state index in [0.717, 1.165) is 17.7 Å². The third-order valence-electron chi connectivity index (χ3n) is 2.65. The van der Waals surface area contributed by atoms with Crippen LogP contribution in [0.25, 0.3) is 0 Å². The molecular formula is C11H12O3. The second-order valence-electron chi connectivity index (χ2n) is 3.53. The predicted molar refractivity (Wildman–Crippen MR) is 51.5 cm³/mol.